The third kappa shape index (κ3) is 3.28. The molecule has 27 heavy (non-hydrogen) atoms. The molecule has 0 heteroatoms. The summed E-state index contributed by atoms with van der Waals surface area (Å²) >= 11 is 0. The maximum Gasteiger partial charge on any atom is 0.000347 e. The molecule has 0 aromatic carbocycles. The molecule has 4 aliphatic rings. The predicted octanol–water partition coefficient (Wildman–Crippen LogP) is 8.05. The molecule has 0 N–H and O–H groups in total. The molecule has 0 nitrogen and oxygen atoms in total. The fraction of sp³-hybridized carbons (Fsp3) is 0.852. The Hall–Kier alpha value is -0.520. The molecule has 0 amide bonds. The van der Waals surface area contributed by atoms with Crippen molar-refractivity contribution in [3.63, 3.8) is 0 Å². The second-order valence-electron chi connectivity index (χ2n) is 11.7. The lowest BCUT2D eigenvalue weighted by atomic mass is 9.47. The van der Waals surface area contributed by atoms with Gasteiger partial charge in [-0.3, -0.25) is 0 Å². The van der Waals surface area contributed by atoms with Crippen LogP contribution >= 0.6 is 0 Å². The maximum atomic E-state index is 2.70. The summed E-state index contributed by atoms with van der Waals surface area (Å²) in [6.45, 7) is 12.7. The highest BCUT2D eigenvalue weighted by Crippen LogP contribution is 2.66. The van der Waals surface area contributed by atoms with E-state index in [1.54, 1.807) is 0 Å². The molecule has 0 spiro atoms. The summed E-state index contributed by atoms with van der Waals surface area (Å²) in [5.41, 5.74) is 1.15. The topological polar surface area (TPSA) is 0 Å². The monoisotopic (exact) mass is 368 g/mol. The second-order valence-corrected chi connectivity index (χ2v) is 11.7. The van der Waals surface area contributed by atoms with E-state index in [2.05, 4.69) is 58.9 Å². The van der Waals surface area contributed by atoms with E-state index in [1.807, 2.05) is 0 Å². The molecule has 0 bridgehead atoms. The quantitative estimate of drug-likeness (QED) is 0.430. The third-order valence-electron chi connectivity index (χ3n) is 9.88. The van der Waals surface area contributed by atoms with Crippen LogP contribution in [0.1, 0.15) is 92.4 Å². The van der Waals surface area contributed by atoms with E-state index in [-0.39, 0.29) is 0 Å². The van der Waals surface area contributed by atoms with Crippen LogP contribution in [0.25, 0.3) is 0 Å². The van der Waals surface area contributed by atoms with Gasteiger partial charge in [0, 0.05) is 5.92 Å². The molecule has 0 aromatic rings. The zero-order valence-corrected chi connectivity index (χ0v) is 18.7. The highest BCUT2D eigenvalue weighted by atomic mass is 14.6. The molecular formula is C27H44. The summed E-state index contributed by atoms with van der Waals surface area (Å²) in [5, 5.41) is 0. The highest BCUT2D eigenvalue weighted by molar-refractivity contribution is 5.22. The van der Waals surface area contributed by atoms with Gasteiger partial charge < -0.3 is 0 Å². The minimum Gasteiger partial charge on any atom is -0.0879 e. The van der Waals surface area contributed by atoms with Crippen molar-refractivity contribution in [2.75, 3.05) is 0 Å². The van der Waals surface area contributed by atoms with Crippen LogP contribution in [0.2, 0.25) is 0 Å². The van der Waals surface area contributed by atoms with Crippen LogP contribution in [-0.4, -0.2) is 0 Å². The molecule has 0 aromatic heterocycles. The summed E-state index contributed by atoms with van der Waals surface area (Å²) < 4.78 is 0. The Morgan fingerprint density at radius 3 is 2.41 bits per heavy atom. The standard InChI is InChI=1S/C27H44/c1-19(2)9-8-10-20(3)23-14-15-24-22-13-12-21-11-6-7-17-26(21,4)25(22)16-18-27(23,24)5/h6,11-13,19-25H,7-10,14-18H2,1-5H3/t20-,21?,22+,23-,24+,25+,26+,27-/m1/s1. The molecule has 4 rings (SSSR count). The first kappa shape index (κ1) is 19.8. The first-order valence-corrected chi connectivity index (χ1v) is 12.2. The summed E-state index contributed by atoms with van der Waals surface area (Å²) in [7, 11) is 0. The first-order chi connectivity index (χ1) is 12.9. The molecule has 0 saturated heterocycles. The van der Waals surface area contributed by atoms with Gasteiger partial charge in [-0.2, -0.15) is 0 Å². The van der Waals surface area contributed by atoms with E-state index >= 15 is 0 Å². The molecule has 8 atom stereocenters. The Morgan fingerprint density at radius 2 is 1.63 bits per heavy atom. The molecule has 0 heterocycles. The van der Waals surface area contributed by atoms with Crippen molar-refractivity contribution in [1.82, 2.24) is 0 Å². The van der Waals surface area contributed by atoms with Gasteiger partial charge in [0.15, 0.2) is 0 Å². The average Bonchev–Trinajstić information content (AvgIpc) is 2.98. The van der Waals surface area contributed by atoms with Gasteiger partial charge in [-0.05, 0) is 84.9 Å². The summed E-state index contributed by atoms with van der Waals surface area (Å²) in [6, 6.07) is 0. The number of fused-ring (bicyclic) bond motifs is 5. The normalized spacial score (nSPS) is 46.8. The van der Waals surface area contributed by atoms with E-state index < -0.39 is 0 Å². The molecule has 152 valence electrons. The third-order valence-corrected chi connectivity index (χ3v) is 9.88. The fourth-order valence-corrected chi connectivity index (χ4v) is 8.25. The Bertz CT molecular complexity index is 583. The van der Waals surface area contributed by atoms with Crippen LogP contribution in [0.5, 0.6) is 0 Å². The zero-order chi connectivity index (χ0) is 19.2. The van der Waals surface area contributed by atoms with Crippen LogP contribution < -0.4 is 0 Å². The molecular weight excluding hydrogens is 324 g/mol. The summed E-state index contributed by atoms with van der Waals surface area (Å²) in [5.74, 6) is 6.22. The van der Waals surface area contributed by atoms with Crippen molar-refractivity contribution in [3.8, 4) is 0 Å². The Morgan fingerprint density at radius 1 is 0.852 bits per heavy atom. The summed E-state index contributed by atoms with van der Waals surface area (Å²) in [4.78, 5) is 0. The molecule has 0 radical (unpaired) electrons. The van der Waals surface area contributed by atoms with Crippen LogP contribution in [0.15, 0.2) is 24.3 Å². The van der Waals surface area contributed by atoms with Crippen molar-refractivity contribution in [1.29, 1.82) is 0 Å². The number of hydrogen-bond donors (Lipinski definition) is 0. The van der Waals surface area contributed by atoms with E-state index in [4.69, 9.17) is 0 Å². The highest BCUT2D eigenvalue weighted by Gasteiger charge is 2.58. The van der Waals surface area contributed by atoms with Crippen molar-refractivity contribution in [2.24, 2.45) is 52.3 Å². The first-order valence-electron chi connectivity index (χ1n) is 12.2. The number of rotatable bonds is 5. The minimum absolute atomic E-state index is 0.538. The molecule has 0 aliphatic heterocycles. The van der Waals surface area contributed by atoms with Crippen LogP contribution in [0.4, 0.5) is 0 Å². The minimum atomic E-state index is 0.538. The van der Waals surface area contributed by atoms with Crippen LogP contribution in [0.3, 0.4) is 0 Å². The Labute approximate surface area is 169 Å². The summed E-state index contributed by atoms with van der Waals surface area (Å²) in [6.07, 6.45) is 23.3. The van der Waals surface area contributed by atoms with E-state index in [1.165, 1.54) is 57.8 Å². The molecule has 1 unspecified atom stereocenters. The zero-order valence-electron chi connectivity index (χ0n) is 18.7. The fourth-order valence-electron chi connectivity index (χ4n) is 8.25. The van der Waals surface area contributed by atoms with Crippen molar-refractivity contribution < 1.29 is 0 Å². The Kier molecular flexibility index (Phi) is 5.41. The lowest BCUT2D eigenvalue weighted by Crippen LogP contribution is -2.50. The van der Waals surface area contributed by atoms with Crippen LogP contribution in [0, 0.1) is 52.3 Å². The van der Waals surface area contributed by atoms with Gasteiger partial charge in [0.25, 0.3) is 0 Å². The number of allylic oxidation sites excluding steroid dienone is 4. The van der Waals surface area contributed by atoms with Gasteiger partial charge in [-0.25, -0.2) is 0 Å². The van der Waals surface area contributed by atoms with Gasteiger partial charge in [-0.1, -0.05) is 78.2 Å². The molecule has 4 aliphatic carbocycles. The number of hydrogen-bond acceptors (Lipinski definition) is 0. The van der Waals surface area contributed by atoms with Crippen LogP contribution in [-0.2, 0) is 0 Å². The lowest BCUT2D eigenvalue weighted by Gasteiger charge is -2.57. The predicted molar refractivity (Wildman–Crippen MR) is 117 cm³/mol. The second kappa shape index (κ2) is 7.38. The average molecular weight is 369 g/mol. The van der Waals surface area contributed by atoms with Gasteiger partial charge in [0.05, 0.1) is 0 Å². The molecule has 2 fully saturated rings. The smallest absolute Gasteiger partial charge is 0.000347 e. The lowest BCUT2D eigenvalue weighted by molar-refractivity contribution is -0.0497. The van der Waals surface area contributed by atoms with Crippen molar-refractivity contribution in [2.45, 2.75) is 92.4 Å². The maximum absolute atomic E-state index is 2.70. The van der Waals surface area contributed by atoms with Crippen molar-refractivity contribution in [3.05, 3.63) is 24.3 Å². The Balaban J connectivity index is 1.50. The van der Waals surface area contributed by atoms with Gasteiger partial charge in [-0.15, -0.1) is 0 Å². The largest absolute Gasteiger partial charge is 0.0879 e. The van der Waals surface area contributed by atoms with E-state index in [0.29, 0.717) is 16.7 Å². The molecule has 2 saturated carbocycles. The van der Waals surface area contributed by atoms with E-state index in [9.17, 15) is 0 Å². The van der Waals surface area contributed by atoms with Gasteiger partial charge >= 0.3 is 0 Å². The van der Waals surface area contributed by atoms with Crippen molar-refractivity contribution >= 4 is 0 Å². The SMILES string of the molecule is CC(C)CCC[C@@H](C)[C@H]1CC[C@H]2[C@@H]3C=CC4C=CCC[C@]4(C)[C@H]3CC[C@]12C. The van der Waals surface area contributed by atoms with Gasteiger partial charge in [0.2, 0.25) is 0 Å². The van der Waals surface area contributed by atoms with Gasteiger partial charge in [0.1, 0.15) is 0 Å². The van der Waals surface area contributed by atoms with E-state index in [0.717, 1.165) is 35.5 Å².